The lowest BCUT2D eigenvalue weighted by Gasteiger charge is -2.34. The Morgan fingerprint density at radius 1 is 0.980 bits per heavy atom. The number of amides is 2. The van der Waals surface area contributed by atoms with Crippen LogP contribution in [0.2, 0.25) is 0 Å². The maximum atomic E-state index is 13.4. The highest BCUT2D eigenvalue weighted by Crippen LogP contribution is 2.49. The topological polar surface area (TPSA) is 136 Å². The van der Waals surface area contributed by atoms with Gasteiger partial charge in [0.25, 0.3) is 5.91 Å². The summed E-state index contributed by atoms with van der Waals surface area (Å²) in [5.41, 5.74) is 7.58. The van der Waals surface area contributed by atoms with Crippen molar-refractivity contribution in [1.29, 1.82) is 5.26 Å². The number of rotatable bonds is 10. The molecule has 3 N–H and O–H groups in total. The molecule has 1 aromatic heterocycles. The molecule has 1 saturated heterocycles. The zero-order valence-corrected chi connectivity index (χ0v) is 28.2. The Balaban J connectivity index is 1.32. The third-order valence-corrected chi connectivity index (χ3v) is 10.5. The van der Waals surface area contributed by atoms with Crippen LogP contribution >= 0.6 is 0 Å². The summed E-state index contributed by atoms with van der Waals surface area (Å²) in [7, 11) is 3.49. The quantitative estimate of drug-likeness (QED) is 0.212. The Morgan fingerprint density at radius 3 is 2.35 bits per heavy atom. The Bertz CT molecular complexity index is 1910. The second-order valence-corrected chi connectivity index (χ2v) is 13.4. The van der Waals surface area contributed by atoms with E-state index in [0.717, 1.165) is 63.9 Å². The number of nitrogens with one attached hydrogen (secondary N) is 3. The fourth-order valence-corrected chi connectivity index (χ4v) is 7.77. The molecule has 4 aromatic rings. The van der Waals surface area contributed by atoms with Gasteiger partial charge in [-0.3, -0.25) is 9.59 Å². The highest BCUT2D eigenvalue weighted by atomic mass is 16.4. The molecule has 2 fully saturated rings. The van der Waals surface area contributed by atoms with Gasteiger partial charge >= 0.3 is 0 Å². The number of hydrogen-bond acceptors (Lipinski definition) is 8. The van der Waals surface area contributed by atoms with E-state index in [0.29, 0.717) is 42.6 Å². The van der Waals surface area contributed by atoms with Crippen molar-refractivity contribution in [3.63, 3.8) is 0 Å². The van der Waals surface area contributed by atoms with E-state index >= 15 is 0 Å². The number of piperidine rings is 1. The highest BCUT2D eigenvalue weighted by Gasteiger charge is 2.54. The number of fused-ring (bicyclic) bond motifs is 3. The average Bonchev–Trinajstić information content (AvgIpc) is 3.56. The number of likely N-dealkylation sites (tertiary alicyclic amines) is 1. The van der Waals surface area contributed by atoms with E-state index in [1.165, 1.54) is 0 Å². The number of aromatic nitrogens is 2. The number of carbonyl (C=O) groups is 2. The van der Waals surface area contributed by atoms with Crippen molar-refractivity contribution in [2.24, 2.45) is 5.92 Å². The normalized spacial score (nSPS) is 21.8. The number of aryl methyl sites for hydroxylation is 3. The highest BCUT2D eigenvalue weighted by molar-refractivity contribution is 5.94. The van der Waals surface area contributed by atoms with Gasteiger partial charge in [-0.1, -0.05) is 42.5 Å². The molecule has 1 saturated carbocycles. The van der Waals surface area contributed by atoms with Crippen LogP contribution in [0.5, 0.6) is 0 Å². The maximum absolute atomic E-state index is 13.4. The summed E-state index contributed by atoms with van der Waals surface area (Å²) in [5.74, 6) is 1.12. The largest absolute Gasteiger partial charge is 0.419 e. The molecule has 3 aliphatic rings. The number of benzene rings is 3. The van der Waals surface area contributed by atoms with Crippen molar-refractivity contribution >= 4 is 17.5 Å². The predicted molar refractivity (Wildman–Crippen MR) is 186 cm³/mol. The van der Waals surface area contributed by atoms with Gasteiger partial charge in [0.2, 0.25) is 17.7 Å². The second-order valence-electron chi connectivity index (χ2n) is 13.4. The minimum absolute atomic E-state index is 0.0443. The Kier molecular flexibility index (Phi) is 8.55. The molecule has 10 nitrogen and oxygen atoms in total. The van der Waals surface area contributed by atoms with Crippen molar-refractivity contribution in [3.05, 3.63) is 112 Å². The molecule has 3 unspecified atom stereocenters. The lowest BCUT2D eigenvalue weighted by molar-refractivity contribution is -0.131. The molecule has 0 radical (unpaired) electrons. The number of nitriles is 1. The number of nitrogens with zero attached hydrogens (tertiary/aromatic N) is 4. The zero-order chi connectivity index (χ0) is 34.3. The predicted octanol–water partition coefficient (Wildman–Crippen LogP) is 4.52. The molecule has 2 heterocycles. The lowest BCUT2D eigenvalue weighted by atomic mass is 9.69. The summed E-state index contributed by atoms with van der Waals surface area (Å²) in [6.07, 6.45) is 3.67. The summed E-state index contributed by atoms with van der Waals surface area (Å²) in [5, 5.41) is 28.3. The first kappa shape index (κ1) is 32.3. The Morgan fingerprint density at radius 2 is 1.67 bits per heavy atom. The lowest BCUT2D eigenvalue weighted by Crippen LogP contribution is -2.44. The van der Waals surface area contributed by atoms with Gasteiger partial charge in [-0.25, -0.2) is 0 Å². The van der Waals surface area contributed by atoms with Crippen LogP contribution < -0.4 is 16.0 Å². The van der Waals surface area contributed by atoms with Crippen molar-refractivity contribution < 1.29 is 14.0 Å². The van der Waals surface area contributed by atoms with Gasteiger partial charge in [-0.2, -0.15) is 5.26 Å². The summed E-state index contributed by atoms with van der Waals surface area (Å²) >= 11 is 0. The Labute approximate surface area is 286 Å². The molecule has 0 spiro atoms. The van der Waals surface area contributed by atoms with Crippen LogP contribution in [0.25, 0.3) is 17.2 Å². The molecule has 4 atom stereocenters. The summed E-state index contributed by atoms with van der Waals surface area (Å²) in [4.78, 5) is 27.9. The van der Waals surface area contributed by atoms with E-state index in [2.05, 4.69) is 51.9 Å². The van der Waals surface area contributed by atoms with E-state index in [1.54, 1.807) is 11.9 Å². The minimum atomic E-state index is -0.904. The fraction of sp³-hybridized carbons (Fsp3) is 0.359. The molecule has 3 aromatic carbocycles. The molecule has 250 valence electrons. The molecule has 0 bridgehead atoms. The van der Waals surface area contributed by atoms with Crippen LogP contribution in [0.1, 0.15) is 68.9 Å². The number of carbonyl (C=O) groups excluding carboxylic acids is 2. The van der Waals surface area contributed by atoms with E-state index in [-0.39, 0.29) is 30.4 Å². The van der Waals surface area contributed by atoms with Crippen LogP contribution in [-0.4, -0.2) is 66.2 Å². The zero-order valence-electron chi connectivity index (χ0n) is 28.2. The number of hydrogen-bond donors (Lipinski definition) is 3. The molecular weight excluding hydrogens is 614 g/mol. The van der Waals surface area contributed by atoms with Gasteiger partial charge in [0.15, 0.2) is 0 Å². The van der Waals surface area contributed by atoms with Crippen molar-refractivity contribution in [2.75, 3.05) is 27.2 Å². The van der Waals surface area contributed by atoms with Gasteiger partial charge in [0, 0.05) is 37.0 Å². The molecule has 10 heteroatoms. The van der Waals surface area contributed by atoms with Gasteiger partial charge in [0.05, 0.1) is 12.6 Å². The first-order valence-corrected chi connectivity index (χ1v) is 17.0. The third kappa shape index (κ3) is 5.78. The third-order valence-electron chi connectivity index (χ3n) is 10.5. The molecule has 2 amide bonds. The monoisotopic (exact) mass is 655 g/mol. The van der Waals surface area contributed by atoms with Crippen LogP contribution in [0, 0.1) is 24.2 Å². The van der Waals surface area contributed by atoms with Crippen molar-refractivity contribution in [1.82, 2.24) is 31.0 Å². The van der Waals surface area contributed by atoms with Gasteiger partial charge in [0.1, 0.15) is 11.5 Å². The maximum Gasteiger partial charge on any atom is 0.251 e. The Hall–Kier alpha value is -5.27. The molecule has 1 aliphatic heterocycles. The average molecular weight is 656 g/mol. The fourth-order valence-electron chi connectivity index (χ4n) is 7.77. The summed E-state index contributed by atoms with van der Waals surface area (Å²) in [6.45, 7) is 6.82. The van der Waals surface area contributed by atoms with Crippen LogP contribution in [0.3, 0.4) is 0 Å². The molecular formula is C39H41N7O3. The van der Waals surface area contributed by atoms with E-state index in [1.807, 2.05) is 56.4 Å². The van der Waals surface area contributed by atoms with Crippen LogP contribution in [-0.2, 0) is 23.1 Å². The standard InChI is InChI=1S/C39H41N7O3/c1-23-5-7-25(8-6-23)37-44-45-38(49-37)39(15-16-43-22-35(47)46-31(21-40)19-30-20-34(30)46)32-13-11-26(24(2)41-3)17-27(32)9-10-28-18-29(36(48)42-4)12-14-33(28)39/h5-8,11-14,17-18,30-31,34,41,43H,2,9-10,15-16,19-20,22H2,1,3-4H3,(H,42,48)/t30-,31?,34?,39?/m1/s1. The summed E-state index contributed by atoms with van der Waals surface area (Å²) in [6, 6.07) is 22.4. The van der Waals surface area contributed by atoms with Crippen LogP contribution in [0.15, 0.2) is 71.7 Å². The van der Waals surface area contributed by atoms with Gasteiger partial charge in [-0.05, 0) is 110 Å². The molecule has 7 rings (SSSR count). The van der Waals surface area contributed by atoms with Gasteiger partial charge < -0.3 is 25.3 Å². The van der Waals surface area contributed by atoms with E-state index in [9.17, 15) is 14.9 Å². The SMILES string of the molecule is C=C(NC)c1ccc2c(c1)CCc1cc(C(=O)NC)ccc1C2(CCNCC(=O)N1C(C#N)C[C@@H]2CC21)c1nnc(-c2ccc(C)cc2)o1. The molecule has 49 heavy (non-hydrogen) atoms. The van der Waals surface area contributed by atoms with Crippen molar-refractivity contribution in [3.8, 4) is 17.5 Å². The smallest absolute Gasteiger partial charge is 0.251 e. The second kappa shape index (κ2) is 13.0. The van der Waals surface area contributed by atoms with Crippen molar-refractivity contribution in [2.45, 2.75) is 56.5 Å². The molecule has 2 aliphatic carbocycles. The van der Waals surface area contributed by atoms with Gasteiger partial charge in [-0.15, -0.1) is 10.2 Å². The summed E-state index contributed by atoms with van der Waals surface area (Å²) < 4.78 is 6.66. The van der Waals surface area contributed by atoms with E-state index < -0.39 is 5.41 Å². The minimum Gasteiger partial charge on any atom is -0.419 e. The van der Waals surface area contributed by atoms with Crippen LogP contribution in [0.4, 0.5) is 0 Å². The first-order valence-electron chi connectivity index (χ1n) is 17.0. The van der Waals surface area contributed by atoms with E-state index in [4.69, 9.17) is 9.52 Å². The first-order chi connectivity index (χ1) is 23.8.